The van der Waals surface area contributed by atoms with Crippen LogP contribution in [0.5, 0.6) is 0 Å². The molecule has 0 aromatic rings. The van der Waals surface area contributed by atoms with Crippen LogP contribution in [0.1, 0.15) is 12.8 Å². The van der Waals surface area contributed by atoms with Gasteiger partial charge >= 0.3 is 6.03 Å². The summed E-state index contributed by atoms with van der Waals surface area (Å²) in [6.45, 7) is 4.08. The highest BCUT2D eigenvalue weighted by Gasteiger charge is 2.12. The summed E-state index contributed by atoms with van der Waals surface area (Å²) in [5.41, 5.74) is 0. The van der Waals surface area contributed by atoms with Crippen LogP contribution in [0, 0.1) is 0 Å². The predicted octanol–water partition coefficient (Wildman–Crippen LogP) is 1.91. The van der Waals surface area contributed by atoms with E-state index in [1.54, 1.807) is 0 Å². The molecule has 1 rings (SSSR count). The number of amides is 2. The number of rotatable bonds is 3. The highest BCUT2D eigenvalue weighted by Crippen LogP contribution is 2.08. The lowest BCUT2D eigenvalue weighted by molar-refractivity contribution is 0.238. The van der Waals surface area contributed by atoms with E-state index in [9.17, 15) is 4.79 Å². The minimum absolute atomic E-state index is 0.130. The second-order valence-electron chi connectivity index (χ2n) is 2.98. The van der Waals surface area contributed by atoms with Gasteiger partial charge in [-0.1, -0.05) is 34.7 Å². The van der Waals surface area contributed by atoms with Gasteiger partial charge in [-0.3, -0.25) is 0 Å². The van der Waals surface area contributed by atoms with E-state index in [1.165, 1.54) is 0 Å². The Morgan fingerprint density at radius 3 is 2.69 bits per heavy atom. The van der Waals surface area contributed by atoms with Crippen LogP contribution in [0.15, 0.2) is 23.2 Å². The second kappa shape index (κ2) is 5.07. The number of carbonyl (C=O) groups is 1. The van der Waals surface area contributed by atoms with Gasteiger partial charge in [0, 0.05) is 10.5 Å². The molecule has 0 spiro atoms. The van der Waals surface area contributed by atoms with Crippen LogP contribution >= 0.6 is 15.9 Å². The Morgan fingerprint density at radius 1 is 1.54 bits per heavy atom. The predicted molar refractivity (Wildman–Crippen MR) is 56.8 cm³/mol. The largest absolute Gasteiger partial charge is 0.335 e. The summed E-state index contributed by atoms with van der Waals surface area (Å²) in [5, 5.41) is 5.54. The molecule has 0 atom stereocenters. The maximum absolute atomic E-state index is 11.2. The smallest absolute Gasteiger partial charge is 0.315 e. The van der Waals surface area contributed by atoms with Gasteiger partial charge in [0.1, 0.15) is 0 Å². The van der Waals surface area contributed by atoms with Gasteiger partial charge in [-0.05, 0) is 12.8 Å². The summed E-state index contributed by atoms with van der Waals surface area (Å²) >= 11 is 3.17. The third-order valence-corrected chi connectivity index (χ3v) is 2.06. The summed E-state index contributed by atoms with van der Waals surface area (Å²) < 4.78 is 0.771. The van der Waals surface area contributed by atoms with Gasteiger partial charge in [0.05, 0.1) is 6.54 Å². The first-order valence-corrected chi connectivity index (χ1v) is 5.00. The van der Waals surface area contributed by atoms with Gasteiger partial charge in [-0.2, -0.15) is 0 Å². The van der Waals surface area contributed by atoms with Crippen molar-refractivity contribution in [1.29, 1.82) is 0 Å². The van der Waals surface area contributed by atoms with E-state index in [0.29, 0.717) is 6.54 Å². The first kappa shape index (κ1) is 10.3. The average Bonchev–Trinajstić information content (AvgIpc) is 2.53. The second-order valence-corrected chi connectivity index (χ2v) is 4.11. The molecule has 13 heavy (non-hydrogen) atoms. The lowest BCUT2D eigenvalue weighted by Crippen LogP contribution is -2.41. The molecule has 0 radical (unpaired) electrons. The number of hydrogen-bond acceptors (Lipinski definition) is 1. The van der Waals surface area contributed by atoms with E-state index >= 15 is 0 Å². The molecule has 3 nitrogen and oxygen atoms in total. The fraction of sp³-hybridized carbons (Fsp3) is 0.444. The molecule has 0 heterocycles. The Balaban J connectivity index is 2.14. The van der Waals surface area contributed by atoms with Crippen molar-refractivity contribution in [3.8, 4) is 0 Å². The molecular weight excluding hydrogens is 232 g/mol. The molecule has 72 valence electrons. The number of halogens is 1. The van der Waals surface area contributed by atoms with Crippen molar-refractivity contribution in [3.63, 3.8) is 0 Å². The normalized spacial score (nSPS) is 15.8. The number of hydrogen-bond donors (Lipinski definition) is 2. The van der Waals surface area contributed by atoms with Gasteiger partial charge < -0.3 is 10.6 Å². The minimum atomic E-state index is -0.130. The first-order valence-electron chi connectivity index (χ1n) is 4.21. The molecule has 0 aromatic carbocycles. The number of nitrogens with one attached hydrogen (secondary N) is 2. The molecule has 0 aromatic heterocycles. The zero-order valence-corrected chi connectivity index (χ0v) is 8.93. The highest BCUT2D eigenvalue weighted by molar-refractivity contribution is 9.11. The van der Waals surface area contributed by atoms with E-state index in [2.05, 4.69) is 45.3 Å². The molecule has 4 heteroatoms. The van der Waals surface area contributed by atoms with Crippen LogP contribution in [0.2, 0.25) is 0 Å². The quantitative estimate of drug-likeness (QED) is 0.732. The molecule has 1 aliphatic carbocycles. The van der Waals surface area contributed by atoms with E-state index in [0.717, 1.165) is 17.3 Å². The summed E-state index contributed by atoms with van der Waals surface area (Å²) in [4.78, 5) is 11.2. The van der Waals surface area contributed by atoms with E-state index < -0.39 is 0 Å². The fourth-order valence-corrected chi connectivity index (χ4v) is 1.29. The average molecular weight is 245 g/mol. The summed E-state index contributed by atoms with van der Waals surface area (Å²) in [6.07, 6.45) is 6.02. The van der Waals surface area contributed by atoms with Gasteiger partial charge in [0.15, 0.2) is 0 Å². The van der Waals surface area contributed by atoms with Crippen LogP contribution in [0.3, 0.4) is 0 Å². The van der Waals surface area contributed by atoms with Crippen molar-refractivity contribution >= 4 is 22.0 Å². The Hall–Kier alpha value is -0.770. The van der Waals surface area contributed by atoms with E-state index in [4.69, 9.17) is 0 Å². The fourth-order valence-electron chi connectivity index (χ4n) is 1.15. The summed E-state index contributed by atoms with van der Waals surface area (Å²) in [6, 6.07) is 0.137. The molecular formula is C9H13BrN2O. The molecule has 0 aliphatic heterocycles. The third-order valence-electron chi connectivity index (χ3n) is 1.78. The zero-order valence-electron chi connectivity index (χ0n) is 7.35. The zero-order chi connectivity index (χ0) is 9.68. The Labute approximate surface area is 86.4 Å². The van der Waals surface area contributed by atoms with E-state index in [-0.39, 0.29) is 12.1 Å². The van der Waals surface area contributed by atoms with Crippen LogP contribution in [-0.2, 0) is 0 Å². The third kappa shape index (κ3) is 4.12. The van der Waals surface area contributed by atoms with Crippen molar-refractivity contribution in [2.75, 3.05) is 6.54 Å². The number of carbonyl (C=O) groups excluding carboxylic acids is 1. The lowest BCUT2D eigenvalue weighted by Gasteiger charge is -2.12. The van der Waals surface area contributed by atoms with Crippen molar-refractivity contribution in [1.82, 2.24) is 10.6 Å². The Morgan fingerprint density at radius 2 is 2.15 bits per heavy atom. The van der Waals surface area contributed by atoms with Crippen molar-refractivity contribution in [2.45, 2.75) is 18.9 Å². The Bertz CT molecular complexity index is 230. The van der Waals surface area contributed by atoms with Crippen LogP contribution in [0.25, 0.3) is 0 Å². The van der Waals surface area contributed by atoms with Crippen molar-refractivity contribution in [2.24, 2.45) is 0 Å². The Kier molecular flexibility index (Phi) is 4.02. The maximum atomic E-state index is 11.2. The molecule has 2 N–H and O–H groups in total. The minimum Gasteiger partial charge on any atom is -0.335 e. The highest BCUT2D eigenvalue weighted by atomic mass is 79.9. The van der Waals surface area contributed by atoms with E-state index in [1.807, 2.05) is 0 Å². The standard InChI is InChI=1S/C9H13BrN2O/c1-7(10)6-11-9(13)12-8-4-2-3-5-8/h2-3,8H,1,4-6H2,(H2,11,12,13). The van der Waals surface area contributed by atoms with Gasteiger partial charge in [-0.15, -0.1) is 0 Å². The van der Waals surface area contributed by atoms with Crippen LogP contribution in [0.4, 0.5) is 4.79 Å². The van der Waals surface area contributed by atoms with Gasteiger partial charge in [0.2, 0.25) is 0 Å². The number of urea groups is 1. The molecule has 0 saturated carbocycles. The molecule has 1 aliphatic rings. The topological polar surface area (TPSA) is 41.1 Å². The maximum Gasteiger partial charge on any atom is 0.315 e. The van der Waals surface area contributed by atoms with Gasteiger partial charge in [0.25, 0.3) is 0 Å². The van der Waals surface area contributed by atoms with Crippen molar-refractivity contribution in [3.05, 3.63) is 23.2 Å². The van der Waals surface area contributed by atoms with Crippen LogP contribution < -0.4 is 10.6 Å². The monoisotopic (exact) mass is 244 g/mol. The van der Waals surface area contributed by atoms with Crippen LogP contribution in [-0.4, -0.2) is 18.6 Å². The molecule has 0 bridgehead atoms. The summed E-state index contributed by atoms with van der Waals surface area (Å²) in [7, 11) is 0. The molecule has 0 saturated heterocycles. The summed E-state index contributed by atoms with van der Waals surface area (Å²) in [5.74, 6) is 0. The first-order chi connectivity index (χ1) is 6.18. The SMILES string of the molecule is C=C(Br)CNC(=O)NC1CC=CC1. The molecule has 2 amide bonds. The van der Waals surface area contributed by atoms with Gasteiger partial charge in [-0.25, -0.2) is 4.79 Å². The molecule has 0 fully saturated rings. The lowest BCUT2D eigenvalue weighted by atomic mass is 10.2. The van der Waals surface area contributed by atoms with Crippen molar-refractivity contribution < 1.29 is 4.79 Å². The molecule has 0 unspecified atom stereocenters.